The molecule has 0 aromatic carbocycles. The molecule has 0 spiro atoms. The Morgan fingerprint density at radius 3 is 2.19 bits per heavy atom. The molecule has 0 aliphatic rings. The molecule has 1 unspecified atom stereocenters. The fraction of sp³-hybridized carbons (Fsp3) is 0.778. The first-order valence-electron chi connectivity index (χ1n) is 4.84. The molecular weight excluding hydrogens is 250 g/mol. The molecule has 0 fully saturated rings. The van der Waals surface area contributed by atoms with Crippen molar-refractivity contribution in [3.63, 3.8) is 0 Å². The molecule has 0 saturated heterocycles. The monoisotopic (exact) mass is 267 g/mol. The van der Waals surface area contributed by atoms with E-state index in [-0.39, 0.29) is 0 Å². The third-order valence-electron chi connectivity index (χ3n) is 1.82. The third-order valence-corrected chi connectivity index (χ3v) is 4.41. The lowest BCUT2D eigenvalue weighted by atomic mass is 10.2. The number of terminal acetylenes is 1. The summed E-state index contributed by atoms with van der Waals surface area (Å²) in [6.07, 6.45) is 7.44. The van der Waals surface area contributed by atoms with Crippen LogP contribution >= 0.6 is 0 Å². The highest BCUT2D eigenvalue weighted by molar-refractivity contribution is 7.93. The summed E-state index contributed by atoms with van der Waals surface area (Å²) in [7, 11) is -6.90. The van der Waals surface area contributed by atoms with Crippen molar-refractivity contribution < 1.29 is 16.8 Å². The Hall–Kier alpha value is -0.580. The minimum absolute atomic E-state index is 0.397. The van der Waals surface area contributed by atoms with Crippen molar-refractivity contribution in [3.05, 3.63) is 0 Å². The van der Waals surface area contributed by atoms with Gasteiger partial charge in [-0.2, -0.15) is 0 Å². The van der Waals surface area contributed by atoms with Crippen molar-refractivity contribution >= 4 is 19.9 Å². The smallest absolute Gasteiger partial charge is 0.213 e. The van der Waals surface area contributed by atoms with Gasteiger partial charge in [-0.1, -0.05) is 19.3 Å². The van der Waals surface area contributed by atoms with Crippen LogP contribution in [0, 0.1) is 12.3 Å². The van der Waals surface area contributed by atoms with Crippen molar-refractivity contribution in [1.29, 1.82) is 0 Å². The molecule has 94 valence electrons. The van der Waals surface area contributed by atoms with E-state index in [1.807, 2.05) is 6.92 Å². The zero-order valence-electron chi connectivity index (χ0n) is 9.43. The zero-order valence-corrected chi connectivity index (χ0v) is 11.1. The van der Waals surface area contributed by atoms with Crippen LogP contribution in [0.15, 0.2) is 0 Å². The van der Waals surface area contributed by atoms with E-state index in [1.165, 1.54) is 0 Å². The summed E-state index contributed by atoms with van der Waals surface area (Å²) in [4.78, 5) is 0. The summed E-state index contributed by atoms with van der Waals surface area (Å²) >= 11 is 0. The summed E-state index contributed by atoms with van der Waals surface area (Å²) in [6, 6.07) is -0.561. The van der Waals surface area contributed by atoms with Crippen LogP contribution in [0.4, 0.5) is 0 Å². The molecule has 0 aliphatic heterocycles. The van der Waals surface area contributed by atoms with Gasteiger partial charge in [0.05, 0.1) is 17.5 Å². The lowest BCUT2D eigenvalue weighted by Crippen LogP contribution is -2.36. The van der Waals surface area contributed by atoms with Crippen molar-refractivity contribution in [1.82, 2.24) is 4.72 Å². The first-order chi connectivity index (χ1) is 7.20. The fourth-order valence-electron chi connectivity index (χ4n) is 1.00. The molecule has 0 radical (unpaired) electrons. The first-order valence-corrected chi connectivity index (χ1v) is 8.55. The summed E-state index contributed by atoms with van der Waals surface area (Å²) in [5.74, 6) is 1.47. The molecule has 0 heterocycles. The van der Waals surface area contributed by atoms with E-state index < -0.39 is 37.4 Å². The standard InChI is InChI=1S/C9H17NO4S2/c1-4-6-9(5-2)10-16(13,14)8-7-15(3,11)12/h2,9-10H,4,6-8H2,1,3H3. The topological polar surface area (TPSA) is 80.3 Å². The largest absolute Gasteiger partial charge is 0.229 e. The van der Waals surface area contributed by atoms with E-state index in [0.717, 1.165) is 12.7 Å². The Kier molecular flexibility index (Phi) is 6.00. The molecule has 5 nitrogen and oxygen atoms in total. The second-order valence-electron chi connectivity index (χ2n) is 3.57. The molecule has 0 aliphatic carbocycles. The number of sulfonamides is 1. The second kappa shape index (κ2) is 6.23. The minimum atomic E-state index is -3.62. The van der Waals surface area contributed by atoms with Crippen molar-refractivity contribution in [2.75, 3.05) is 17.8 Å². The maximum atomic E-state index is 11.5. The van der Waals surface area contributed by atoms with Crippen LogP contribution in [0.2, 0.25) is 0 Å². The average Bonchev–Trinajstić information content (AvgIpc) is 2.13. The molecule has 1 atom stereocenters. The average molecular weight is 267 g/mol. The highest BCUT2D eigenvalue weighted by Crippen LogP contribution is 1.99. The lowest BCUT2D eigenvalue weighted by molar-refractivity contribution is 0.563. The van der Waals surface area contributed by atoms with Gasteiger partial charge in [-0.15, -0.1) is 6.42 Å². The van der Waals surface area contributed by atoms with E-state index in [2.05, 4.69) is 10.6 Å². The summed E-state index contributed by atoms with van der Waals surface area (Å²) in [5, 5.41) is 0. The quantitative estimate of drug-likeness (QED) is 0.645. The van der Waals surface area contributed by atoms with Crippen molar-refractivity contribution in [3.8, 4) is 12.3 Å². The highest BCUT2D eigenvalue weighted by Gasteiger charge is 2.17. The van der Waals surface area contributed by atoms with Gasteiger partial charge in [-0.3, -0.25) is 0 Å². The Labute approximate surface area is 97.6 Å². The molecule has 0 aromatic rings. The van der Waals surface area contributed by atoms with Gasteiger partial charge in [0, 0.05) is 6.26 Å². The van der Waals surface area contributed by atoms with Gasteiger partial charge in [-0.25, -0.2) is 21.6 Å². The normalized spacial score (nSPS) is 14.3. The predicted octanol–water partition coefficient (Wildman–Crippen LogP) is -0.248. The molecule has 0 amide bonds. The lowest BCUT2D eigenvalue weighted by Gasteiger charge is -2.11. The minimum Gasteiger partial charge on any atom is -0.229 e. The van der Waals surface area contributed by atoms with Crippen molar-refractivity contribution in [2.24, 2.45) is 0 Å². The van der Waals surface area contributed by atoms with Crippen LogP contribution in [0.3, 0.4) is 0 Å². The van der Waals surface area contributed by atoms with E-state index in [1.54, 1.807) is 0 Å². The van der Waals surface area contributed by atoms with Gasteiger partial charge in [0.1, 0.15) is 9.84 Å². The highest BCUT2D eigenvalue weighted by atomic mass is 32.2. The van der Waals surface area contributed by atoms with Crippen molar-refractivity contribution in [2.45, 2.75) is 25.8 Å². The summed E-state index contributed by atoms with van der Waals surface area (Å²) < 4.78 is 46.8. The van der Waals surface area contributed by atoms with Gasteiger partial charge >= 0.3 is 0 Å². The summed E-state index contributed by atoms with van der Waals surface area (Å²) in [5.41, 5.74) is 0. The SMILES string of the molecule is C#CC(CCC)NS(=O)(=O)CCS(C)(=O)=O. The van der Waals surface area contributed by atoms with E-state index in [0.29, 0.717) is 6.42 Å². The van der Waals surface area contributed by atoms with Crippen LogP contribution in [0.5, 0.6) is 0 Å². The van der Waals surface area contributed by atoms with Crippen LogP contribution < -0.4 is 4.72 Å². The number of sulfone groups is 1. The van der Waals surface area contributed by atoms with Gasteiger partial charge < -0.3 is 0 Å². The van der Waals surface area contributed by atoms with Gasteiger partial charge in [0.25, 0.3) is 0 Å². The van der Waals surface area contributed by atoms with Crippen LogP contribution in [-0.4, -0.2) is 40.6 Å². The van der Waals surface area contributed by atoms with Crippen LogP contribution in [-0.2, 0) is 19.9 Å². The Balaban J connectivity index is 4.41. The zero-order chi connectivity index (χ0) is 12.8. The second-order valence-corrected chi connectivity index (χ2v) is 7.71. The molecule has 0 aromatic heterocycles. The maximum absolute atomic E-state index is 11.5. The molecule has 0 bridgehead atoms. The summed E-state index contributed by atoms with van der Waals surface area (Å²) in [6.45, 7) is 1.88. The Morgan fingerprint density at radius 1 is 1.25 bits per heavy atom. The molecule has 7 heteroatoms. The van der Waals surface area contributed by atoms with E-state index >= 15 is 0 Å². The van der Waals surface area contributed by atoms with Gasteiger partial charge in [0.15, 0.2) is 0 Å². The Morgan fingerprint density at radius 2 is 1.81 bits per heavy atom. The molecular formula is C9H17NO4S2. The number of hydrogen-bond acceptors (Lipinski definition) is 4. The van der Waals surface area contributed by atoms with E-state index in [4.69, 9.17) is 6.42 Å². The van der Waals surface area contributed by atoms with Crippen LogP contribution in [0.1, 0.15) is 19.8 Å². The number of nitrogens with one attached hydrogen (secondary N) is 1. The predicted molar refractivity (Wildman–Crippen MR) is 64.2 cm³/mol. The maximum Gasteiger partial charge on any atom is 0.213 e. The van der Waals surface area contributed by atoms with Gasteiger partial charge in [0.2, 0.25) is 10.0 Å². The van der Waals surface area contributed by atoms with Crippen LogP contribution in [0.25, 0.3) is 0 Å². The molecule has 16 heavy (non-hydrogen) atoms. The molecule has 0 rings (SSSR count). The first kappa shape index (κ1) is 15.4. The van der Waals surface area contributed by atoms with E-state index in [9.17, 15) is 16.8 Å². The fourth-order valence-corrected chi connectivity index (χ4v) is 3.83. The number of hydrogen-bond donors (Lipinski definition) is 1. The molecule has 1 N–H and O–H groups in total. The number of rotatable bonds is 7. The third kappa shape index (κ3) is 7.68. The molecule has 0 saturated carbocycles. The Bertz CT molecular complexity index is 444. The van der Waals surface area contributed by atoms with Gasteiger partial charge in [-0.05, 0) is 6.42 Å².